The number of allylic oxidation sites excluding steroid dienone is 2. The fraction of sp³-hybridized carbons (Fsp3) is 0.125. The van der Waals surface area contributed by atoms with Gasteiger partial charge in [0, 0.05) is 6.20 Å². The number of hydrogen-bond acceptors (Lipinski definition) is 2. The van der Waals surface area contributed by atoms with E-state index in [0.717, 1.165) is 3.58 Å². The van der Waals surface area contributed by atoms with Gasteiger partial charge >= 0.3 is 0 Å². The van der Waals surface area contributed by atoms with Gasteiger partial charge in [0.2, 0.25) is 5.91 Å². The summed E-state index contributed by atoms with van der Waals surface area (Å²) in [7, 11) is 0. The summed E-state index contributed by atoms with van der Waals surface area (Å²) in [5.41, 5.74) is 0. The van der Waals surface area contributed by atoms with Crippen LogP contribution in [-0.4, -0.2) is 22.5 Å². The van der Waals surface area contributed by atoms with Crippen molar-refractivity contribution >= 4 is 40.2 Å². The van der Waals surface area contributed by atoms with E-state index in [-0.39, 0.29) is 18.2 Å². The first-order valence-corrected chi connectivity index (χ1v) is 4.74. The van der Waals surface area contributed by atoms with Gasteiger partial charge in [0.15, 0.2) is 5.84 Å². The molecule has 2 aliphatic heterocycles. The van der Waals surface area contributed by atoms with Crippen molar-refractivity contribution in [3.63, 3.8) is 0 Å². The van der Waals surface area contributed by atoms with Crippen molar-refractivity contribution in [1.29, 1.82) is 0 Å². The molecule has 0 atom stereocenters. The van der Waals surface area contributed by atoms with Crippen molar-refractivity contribution in [1.82, 2.24) is 4.90 Å². The lowest BCUT2D eigenvalue weighted by Crippen LogP contribution is -2.39. The van der Waals surface area contributed by atoms with Crippen molar-refractivity contribution in [3.8, 4) is 0 Å². The van der Waals surface area contributed by atoms with Crippen molar-refractivity contribution in [2.75, 3.05) is 0 Å². The summed E-state index contributed by atoms with van der Waals surface area (Å²) in [6, 6.07) is 0. The van der Waals surface area contributed by atoms with Crippen LogP contribution in [0.4, 0.5) is 0 Å². The van der Waals surface area contributed by atoms with E-state index in [2.05, 4.69) is 4.99 Å². The lowest BCUT2D eigenvalue weighted by molar-refractivity contribution is -0.131. The molecule has 4 nitrogen and oxygen atoms in total. The van der Waals surface area contributed by atoms with Crippen molar-refractivity contribution < 1.29 is 9.59 Å². The summed E-state index contributed by atoms with van der Waals surface area (Å²) in [5.74, 6) is -0.132. The summed E-state index contributed by atoms with van der Waals surface area (Å²) >= 11 is 2.04. The first-order chi connectivity index (χ1) is 6.18. The average Bonchev–Trinajstić information content (AvgIpc) is 2.07. The lowest BCUT2D eigenvalue weighted by Gasteiger charge is -2.24. The summed E-state index contributed by atoms with van der Waals surface area (Å²) in [6.45, 7) is 0. The number of amidine groups is 1. The summed E-state index contributed by atoms with van der Waals surface area (Å²) < 4.78 is 0.807. The predicted molar refractivity (Wildman–Crippen MR) is 55.1 cm³/mol. The molecule has 2 heterocycles. The van der Waals surface area contributed by atoms with Gasteiger partial charge in [-0.15, -0.1) is 0 Å². The fourth-order valence-corrected chi connectivity index (χ4v) is 1.74. The van der Waals surface area contributed by atoms with Gasteiger partial charge in [-0.3, -0.25) is 14.5 Å². The van der Waals surface area contributed by atoms with E-state index in [1.54, 1.807) is 12.3 Å². The van der Waals surface area contributed by atoms with E-state index in [9.17, 15) is 9.59 Å². The van der Waals surface area contributed by atoms with Gasteiger partial charge in [-0.05, 0) is 34.7 Å². The molecule has 2 rings (SSSR count). The van der Waals surface area contributed by atoms with E-state index < -0.39 is 0 Å². The molecule has 13 heavy (non-hydrogen) atoms. The average molecular weight is 288 g/mol. The van der Waals surface area contributed by atoms with Crippen LogP contribution in [0.2, 0.25) is 0 Å². The van der Waals surface area contributed by atoms with Gasteiger partial charge in [0.05, 0.1) is 3.58 Å². The molecule has 0 aromatic heterocycles. The predicted octanol–water partition coefficient (Wildman–Crippen LogP) is 0.990. The van der Waals surface area contributed by atoms with Gasteiger partial charge in [-0.25, -0.2) is 0 Å². The molecule has 0 bridgehead atoms. The second-order valence-corrected chi connectivity index (χ2v) is 3.79. The lowest BCUT2D eigenvalue weighted by atomic mass is 10.2. The molecule has 0 fully saturated rings. The maximum absolute atomic E-state index is 11.3. The molecular formula is C8H5IN2O2. The normalized spacial score (nSPS) is 21.2. The number of carbonyl (C=O) groups excluding carboxylic acids is 2. The van der Waals surface area contributed by atoms with E-state index >= 15 is 0 Å². The highest BCUT2D eigenvalue weighted by atomic mass is 127. The number of halogens is 1. The Hall–Kier alpha value is -0.980. The Morgan fingerprint density at radius 3 is 3.00 bits per heavy atom. The second kappa shape index (κ2) is 3.06. The molecule has 2 amide bonds. The number of hydrogen-bond donors (Lipinski definition) is 0. The van der Waals surface area contributed by atoms with E-state index in [1.165, 1.54) is 4.90 Å². The minimum atomic E-state index is -0.367. The first kappa shape index (κ1) is 8.61. The van der Waals surface area contributed by atoms with Crippen LogP contribution >= 0.6 is 22.6 Å². The number of aliphatic imine (C=N–C) groups is 1. The number of fused-ring (bicyclic) bond motifs is 1. The molecule has 0 saturated heterocycles. The van der Waals surface area contributed by atoms with E-state index in [4.69, 9.17) is 0 Å². The van der Waals surface area contributed by atoms with Crippen LogP contribution in [0.15, 0.2) is 26.9 Å². The molecule has 0 spiro atoms. The Morgan fingerprint density at radius 2 is 2.23 bits per heavy atom. The second-order valence-electron chi connectivity index (χ2n) is 2.63. The molecule has 0 saturated carbocycles. The minimum Gasteiger partial charge on any atom is -0.273 e. The number of rotatable bonds is 0. The molecule has 0 aromatic carbocycles. The number of nitrogens with zero attached hydrogens (tertiary/aromatic N) is 2. The Kier molecular flexibility index (Phi) is 2.03. The first-order valence-electron chi connectivity index (χ1n) is 3.66. The quantitative estimate of drug-likeness (QED) is 0.493. The maximum Gasteiger partial charge on any atom is 0.257 e. The highest BCUT2D eigenvalue weighted by Crippen LogP contribution is 2.21. The smallest absolute Gasteiger partial charge is 0.257 e. The number of amides is 2. The largest absolute Gasteiger partial charge is 0.273 e. The maximum atomic E-state index is 11.3. The van der Waals surface area contributed by atoms with Crippen LogP contribution in [-0.2, 0) is 9.59 Å². The third-order valence-corrected chi connectivity index (χ3v) is 2.56. The van der Waals surface area contributed by atoms with Crippen LogP contribution in [0.5, 0.6) is 0 Å². The van der Waals surface area contributed by atoms with Crippen LogP contribution in [0.25, 0.3) is 0 Å². The zero-order valence-electron chi connectivity index (χ0n) is 6.53. The van der Waals surface area contributed by atoms with Gasteiger partial charge in [-0.2, -0.15) is 4.99 Å². The van der Waals surface area contributed by atoms with Gasteiger partial charge in [0.25, 0.3) is 5.91 Å². The SMILES string of the molecule is O=C1CC(=O)N2C=CC=C(I)C2=N1. The molecule has 0 radical (unpaired) electrons. The molecule has 0 N–H and O–H groups in total. The Balaban J connectivity index is 2.49. The fourth-order valence-electron chi connectivity index (χ4n) is 1.15. The van der Waals surface area contributed by atoms with Gasteiger partial charge in [0.1, 0.15) is 6.42 Å². The van der Waals surface area contributed by atoms with Crippen molar-refractivity contribution in [2.24, 2.45) is 4.99 Å². The summed E-state index contributed by atoms with van der Waals surface area (Å²) in [6.07, 6.45) is 5.06. The zero-order valence-corrected chi connectivity index (χ0v) is 8.69. The highest BCUT2D eigenvalue weighted by molar-refractivity contribution is 14.1. The minimum absolute atomic E-state index is 0.127. The van der Waals surface area contributed by atoms with Gasteiger partial charge in [-0.1, -0.05) is 0 Å². The molecule has 0 aromatic rings. The molecule has 66 valence electrons. The summed E-state index contributed by atoms with van der Waals surface area (Å²) in [5, 5.41) is 0. The van der Waals surface area contributed by atoms with Crippen molar-refractivity contribution in [2.45, 2.75) is 6.42 Å². The molecule has 0 unspecified atom stereocenters. The number of carbonyl (C=O) groups is 2. The molecule has 2 aliphatic rings. The van der Waals surface area contributed by atoms with Crippen LogP contribution in [0.3, 0.4) is 0 Å². The van der Waals surface area contributed by atoms with E-state index in [1.807, 2.05) is 28.7 Å². The standard InChI is InChI=1S/C8H5IN2O2/c9-5-2-1-3-11-7(13)4-6(12)10-8(5)11/h1-3H,4H2. The molecule has 0 aliphatic carbocycles. The zero-order chi connectivity index (χ0) is 9.42. The topological polar surface area (TPSA) is 49.7 Å². The third kappa shape index (κ3) is 1.43. The van der Waals surface area contributed by atoms with E-state index in [0.29, 0.717) is 5.84 Å². The summed E-state index contributed by atoms with van der Waals surface area (Å²) in [4.78, 5) is 27.5. The molecular weight excluding hydrogens is 283 g/mol. The highest BCUT2D eigenvalue weighted by Gasteiger charge is 2.28. The van der Waals surface area contributed by atoms with Crippen LogP contribution in [0.1, 0.15) is 6.42 Å². The van der Waals surface area contributed by atoms with Gasteiger partial charge < -0.3 is 0 Å². The Bertz CT molecular complexity index is 382. The molecule has 5 heteroatoms. The van der Waals surface area contributed by atoms with Crippen LogP contribution in [0, 0.1) is 0 Å². The Morgan fingerprint density at radius 1 is 1.46 bits per heavy atom. The Labute approximate surface area is 88.1 Å². The monoisotopic (exact) mass is 288 g/mol. The third-order valence-electron chi connectivity index (χ3n) is 1.72. The van der Waals surface area contributed by atoms with Crippen LogP contribution < -0.4 is 0 Å². The van der Waals surface area contributed by atoms with Crippen molar-refractivity contribution in [3.05, 3.63) is 21.9 Å².